The van der Waals surface area contributed by atoms with Gasteiger partial charge in [0.1, 0.15) is 0 Å². The third kappa shape index (κ3) is 2.89. The largest absolute Gasteiger partial charge is 0.416 e. The molecule has 2 atom stereocenters. The van der Waals surface area contributed by atoms with Gasteiger partial charge in [-0.2, -0.15) is 13.2 Å². The van der Waals surface area contributed by atoms with Crippen molar-refractivity contribution in [3.63, 3.8) is 0 Å². The molecule has 0 radical (unpaired) electrons. The van der Waals surface area contributed by atoms with Crippen LogP contribution in [0.1, 0.15) is 36.8 Å². The molecule has 2 aliphatic heterocycles. The summed E-state index contributed by atoms with van der Waals surface area (Å²) in [6.07, 6.45) is 0.487. The van der Waals surface area contributed by atoms with Crippen molar-refractivity contribution >= 4 is 15.9 Å². The zero-order valence-electron chi connectivity index (χ0n) is 11.0. The van der Waals surface area contributed by atoms with Gasteiger partial charge in [0.2, 0.25) is 0 Å². The summed E-state index contributed by atoms with van der Waals surface area (Å²) in [5.41, 5.74) is 0.409. The number of hydrogen-bond acceptors (Lipinski definition) is 1. The van der Waals surface area contributed by atoms with E-state index in [9.17, 15) is 13.2 Å². The van der Waals surface area contributed by atoms with Gasteiger partial charge in [-0.05, 0) is 43.4 Å². The standard InChI is InChI=1S/C15H17BrF3N/c16-12-7-13-5-6-14(8-12)20(13)9-10-1-3-11(4-2-10)15(17,18)19/h1-4,12-14H,5-9H2. The summed E-state index contributed by atoms with van der Waals surface area (Å²) >= 11 is 3.70. The molecule has 3 rings (SSSR count). The van der Waals surface area contributed by atoms with Gasteiger partial charge in [0.25, 0.3) is 0 Å². The van der Waals surface area contributed by atoms with Crippen LogP contribution in [-0.4, -0.2) is 21.8 Å². The molecule has 2 heterocycles. The average molecular weight is 348 g/mol. The van der Waals surface area contributed by atoms with Crippen LogP contribution < -0.4 is 0 Å². The van der Waals surface area contributed by atoms with Crippen molar-refractivity contribution in [2.24, 2.45) is 0 Å². The van der Waals surface area contributed by atoms with Crippen LogP contribution in [0.2, 0.25) is 0 Å². The minimum atomic E-state index is -4.24. The monoisotopic (exact) mass is 347 g/mol. The van der Waals surface area contributed by atoms with Crippen LogP contribution in [0.5, 0.6) is 0 Å². The topological polar surface area (TPSA) is 3.24 Å². The molecule has 20 heavy (non-hydrogen) atoms. The quantitative estimate of drug-likeness (QED) is 0.707. The number of alkyl halides is 4. The number of hydrogen-bond donors (Lipinski definition) is 0. The van der Waals surface area contributed by atoms with E-state index in [1.807, 2.05) is 0 Å². The van der Waals surface area contributed by atoms with Crippen LogP contribution >= 0.6 is 15.9 Å². The Morgan fingerprint density at radius 1 is 1.05 bits per heavy atom. The Hall–Kier alpha value is -0.550. The highest BCUT2D eigenvalue weighted by Crippen LogP contribution is 2.39. The smallest absolute Gasteiger partial charge is 0.293 e. The van der Waals surface area contributed by atoms with Gasteiger partial charge in [-0.25, -0.2) is 0 Å². The van der Waals surface area contributed by atoms with Crippen molar-refractivity contribution in [3.05, 3.63) is 35.4 Å². The van der Waals surface area contributed by atoms with Crippen LogP contribution in [0.15, 0.2) is 24.3 Å². The van der Waals surface area contributed by atoms with E-state index in [4.69, 9.17) is 0 Å². The third-order valence-electron chi connectivity index (χ3n) is 4.47. The first-order chi connectivity index (χ1) is 9.43. The molecule has 0 aliphatic carbocycles. The number of piperidine rings is 1. The Labute approximate surface area is 125 Å². The normalized spacial score (nSPS) is 30.7. The van der Waals surface area contributed by atoms with Gasteiger partial charge >= 0.3 is 6.18 Å². The molecule has 0 amide bonds. The molecule has 0 aromatic heterocycles. The second kappa shape index (κ2) is 5.34. The van der Waals surface area contributed by atoms with E-state index in [2.05, 4.69) is 20.8 Å². The maximum absolute atomic E-state index is 12.5. The first-order valence-corrected chi connectivity index (χ1v) is 7.91. The molecule has 2 saturated heterocycles. The highest BCUT2D eigenvalue weighted by atomic mass is 79.9. The molecule has 2 aliphatic rings. The minimum Gasteiger partial charge on any atom is -0.293 e. The van der Waals surface area contributed by atoms with E-state index < -0.39 is 11.7 Å². The van der Waals surface area contributed by atoms with Gasteiger partial charge in [0, 0.05) is 23.5 Å². The molecule has 0 N–H and O–H groups in total. The number of fused-ring (bicyclic) bond motifs is 2. The Morgan fingerprint density at radius 2 is 1.60 bits per heavy atom. The molecule has 2 unspecified atom stereocenters. The van der Waals surface area contributed by atoms with E-state index in [-0.39, 0.29) is 0 Å². The van der Waals surface area contributed by atoms with Crippen LogP contribution in [0.4, 0.5) is 13.2 Å². The van der Waals surface area contributed by atoms with Gasteiger partial charge in [0.15, 0.2) is 0 Å². The van der Waals surface area contributed by atoms with Gasteiger partial charge < -0.3 is 0 Å². The van der Waals surface area contributed by atoms with Crippen LogP contribution in [0.25, 0.3) is 0 Å². The first-order valence-electron chi connectivity index (χ1n) is 6.99. The molecule has 5 heteroatoms. The fraction of sp³-hybridized carbons (Fsp3) is 0.600. The molecule has 1 aromatic rings. The summed E-state index contributed by atoms with van der Waals surface area (Å²) in [5.74, 6) is 0. The van der Waals surface area contributed by atoms with E-state index in [1.165, 1.54) is 25.0 Å². The summed E-state index contributed by atoms with van der Waals surface area (Å²) in [6.45, 7) is 0.771. The second-order valence-electron chi connectivity index (χ2n) is 5.82. The Morgan fingerprint density at radius 3 is 2.10 bits per heavy atom. The Kier molecular flexibility index (Phi) is 3.84. The van der Waals surface area contributed by atoms with Gasteiger partial charge in [-0.3, -0.25) is 4.90 Å². The molecule has 1 aromatic carbocycles. The number of rotatable bonds is 2. The van der Waals surface area contributed by atoms with Crippen molar-refractivity contribution in [3.8, 4) is 0 Å². The SMILES string of the molecule is FC(F)(F)c1ccc(CN2C3CCC2CC(Br)C3)cc1. The summed E-state index contributed by atoms with van der Waals surface area (Å²) in [4.78, 5) is 3.07. The molecular formula is C15H17BrF3N. The number of nitrogens with zero attached hydrogens (tertiary/aromatic N) is 1. The van der Waals surface area contributed by atoms with Gasteiger partial charge in [0.05, 0.1) is 5.56 Å². The van der Waals surface area contributed by atoms with Crippen molar-refractivity contribution in [2.45, 2.75) is 55.3 Å². The van der Waals surface area contributed by atoms with Crippen LogP contribution in [0, 0.1) is 0 Å². The lowest BCUT2D eigenvalue weighted by Crippen LogP contribution is -2.42. The van der Waals surface area contributed by atoms with E-state index in [0.717, 1.165) is 24.9 Å². The molecule has 1 nitrogen and oxygen atoms in total. The van der Waals surface area contributed by atoms with Crippen LogP contribution in [-0.2, 0) is 12.7 Å². The molecule has 0 spiro atoms. The highest BCUT2D eigenvalue weighted by Gasteiger charge is 2.39. The van der Waals surface area contributed by atoms with E-state index in [0.29, 0.717) is 16.9 Å². The summed E-state index contributed by atoms with van der Waals surface area (Å²) < 4.78 is 37.6. The molecule has 110 valence electrons. The van der Waals surface area contributed by atoms with Crippen LogP contribution in [0.3, 0.4) is 0 Å². The third-order valence-corrected chi connectivity index (χ3v) is 5.22. The summed E-state index contributed by atoms with van der Waals surface area (Å²) in [6, 6.07) is 6.77. The van der Waals surface area contributed by atoms with Crippen molar-refractivity contribution in [1.82, 2.24) is 4.90 Å². The molecule has 2 fully saturated rings. The lowest BCUT2D eigenvalue weighted by atomic mass is 10.0. The fourth-order valence-electron chi connectivity index (χ4n) is 3.48. The van der Waals surface area contributed by atoms with Crippen molar-refractivity contribution < 1.29 is 13.2 Å². The lowest BCUT2D eigenvalue weighted by molar-refractivity contribution is -0.137. The highest BCUT2D eigenvalue weighted by molar-refractivity contribution is 9.09. The Balaban J connectivity index is 1.70. The lowest BCUT2D eigenvalue weighted by Gasteiger charge is -2.37. The zero-order chi connectivity index (χ0) is 14.3. The Bertz CT molecular complexity index is 457. The van der Waals surface area contributed by atoms with Gasteiger partial charge in [-0.15, -0.1) is 0 Å². The van der Waals surface area contributed by atoms with E-state index >= 15 is 0 Å². The number of benzene rings is 1. The average Bonchev–Trinajstić information content (AvgIpc) is 2.62. The number of halogens is 4. The first kappa shape index (κ1) is 14.4. The molecule has 2 bridgehead atoms. The fourth-order valence-corrected chi connectivity index (χ4v) is 4.34. The molecular weight excluding hydrogens is 331 g/mol. The predicted octanol–water partition coefficient (Wildman–Crippen LogP) is 4.60. The maximum atomic E-state index is 12.5. The summed E-state index contributed by atoms with van der Waals surface area (Å²) in [5, 5.41) is 0. The summed E-state index contributed by atoms with van der Waals surface area (Å²) in [7, 11) is 0. The van der Waals surface area contributed by atoms with Crippen molar-refractivity contribution in [1.29, 1.82) is 0 Å². The van der Waals surface area contributed by atoms with Gasteiger partial charge in [-0.1, -0.05) is 28.1 Å². The zero-order valence-corrected chi connectivity index (χ0v) is 12.6. The molecule has 0 saturated carbocycles. The minimum absolute atomic E-state index is 0.566. The maximum Gasteiger partial charge on any atom is 0.416 e. The second-order valence-corrected chi connectivity index (χ2v) is 7.12. The van der Waals surface area contributed by atoms with E-state index in [1.54, 1.807) is 12.1 Å². The predicted molar refractivity (Wildman–Crippen MR) is 75.7 cm³/mol. The van der Waals surface area contributed by atoms with Crippen molar-refractivity contribution in [2.75, 3.05) is 0 Å².